The smallest absolute Gasteiger partial charge is 0.337 e. The third kappa shape index (κ3) is 2.78. The van der Waals surface area contributed by atoms with Gasteiger partial charge in [0.25, 0.3) is 0 Å². The second kappa shape index (κ2) is 5.37. The number of sulfonamides is 1. The first-order valence-corrected chi connectivity index (χ1v) is 8.84. The summed E-state index contributed by atoms with van der Waals surface area (Å²) in [4.78, 5) is 11.0. The van der Waals surface area contributed by atoms with E-state index in [0.29, 0.717) is 13.1 Å². The van der Waals surface area contributed by atoms with Crippen LogP contribution in [0.1, 0.15) is 29.6 Å². The topological polar surface area (TPSA) is 74.7 Å². The molecule has 0 unspecified atom stereocenters. The molecule has 118 valence electrons. The number of hydrogen-bond acceptors (Lipinski definition) is 3. The first-order valence-electron chi connectivity index (χ1n) is 7.02. The van der Waals surface area contributed by atoms with Crippen molar-refractivity contribution >= 4 is 27.6 Å². The van der Waals surface area contributed by atoms with Crippen LogP contribution in [0.2, 0.25) is 5.02 Å². The quantitative estimate of drug-likeness (QED) is 0.858. The Morgan fingerprint density at radius 1 is 1.27 bits per heavy atom. The molecule has 0 atom stereocenters. The minimum Gasteiger partial charge on any atom is -0.478 e. The van der Waals surface area contributed by atoms with Crippen molar-refractivity contribution in [3.63, 3.8) is 0 Å². The van der Waals surface area contributed by atoms with Gasteiger partial charge in [0, 0.05) is 13.1 Å². The second-order valence-electron chi connectivity index (χ2n) is 5.92. The van der Waals surface area contributed by atoms with E-state index in [1.165, 1.54) is 22.5 Å². The summed E-state index contributed by atoms with van der Waals surface area (Å²) in [5, 5.41) is 8.90. The van der Waals surface area contributed by atoms with Crippen molar-refractivity contribution < 1.29 is 18.3 Å². The number of carboxylic acid groups (broad SMARTS) is 1. The van der Waals surface area contributed by atoms with Crippen molar-refractivity contribution in [1.29, 1.82) is 0 Å². The SMILES string of the molecule is O=C(O)c1ccc(S(=O)(=O)N2CC=CCC3(CC3)C2)cc1Cl. The van der Waals surface area contributed by atoms with Gasteiger partial charge in [-0.15, -0.1) is 0 Å². The van der Waals surface area contributed by atoms with Crippen molar-refractivity contribution in [2.45, 2.75) is 24.2 Å². The number of rotatable bonds is 3. The molecule has 2 aliphatic rings. The van der Waals surface area contributed by atoms with Crippen LogP contribution < -0.4 is 0 Å². The van der Waals surface area contributed by atoms with Gasteiger partial charge in [0.15, 0.2) is 0 Å². The van der Waals surface area contributed by atoms with Crippen LogP contribution in [0.4, 0.5) is 0 Å². The fourth-order valence-electron chi connectivity index (χ4n) is 2.73. The summed E-state index contributed by atoms with van der Waals surface area (Å²) in [5.41, 5.74) is -0.0136. The highest BCUT2D eigenvalue weighted by molar-refractivity contribution is 7.89. The van der Waals surface area contributed by atoms with Crippen molar-refractivity contribution in [2.24, 2.45) is 5.41 Å². The van der Waals surface area contributed by atoms with Gasteiger partial charge >= 0.3 is 5.97 Å². The number of hydrogen-bond donors (Lipinski definition) is 1. The molecule has 1 aromatic rings. The molecule has 1 heterocycles. The minimum atomic E-state index is -3.68. The maximum Gasteiger partial charge on any atom is 0.337 e. The van der Waals surface area contributed by atoms with Crippen LogP contribution in [0.15, 0.2) is 35.2 Å². The first-order chi connectivity index (χ1) is 10.3. The molecule has 1 aliphatic heterocycles. The Labute approximate surface area is 134 Å². The molecule has 1 aliphatic carbocycles. The van der Waals surface area contributed by atoms with Gasteiger partial charge in [0.05, 0.1) is 15.5 Å². The number of aromatic carboxylic acids is 1. The summed E-state index contributed by atoms with van der Waals surface area (Å²) in [5.74, 6) is -1.18. The van der Waals surface area contributed by atoms with E-state index in [0.717, 1.165) is 19.3 Å². The zero-order valence-electron chi connectivity index (χ0n) is 11.8. The van der Waals surface area contributed by atoms with Crippen molar-refractivity contribution in [1.82, 2.24) is 4.31 Å². The van der Waals surface area contributed by atoms with Gasteiger partial charge in [-0.25, -0.2) is 13.2 Å². The fourth-order valence-corrected chi connectivity index (χ4v) is 4.59. The number of carboxylic acids is 1. The molecule has 1 saturated carbocycles. The van der Waals surface area contributed by atoms with Gasteiger partial charge in [0.1, 0.15) is 0 Å². The highest BCUT2D eigenvalue weighted by atomic mass is 35.5. The van der Waals surface area contributed by atoms with Crippen molar-refractivity contribution in [2.75, 3.05) is 13.1 Å². The molecule has 1 N–H and O–H groups in total. The third-order valence-corrected chi connectivity index (χ3v) is 6.42. The second-order valence-corrected chi connectivity index (χ2v) is 8.27. The molecule has 0 radical (unpaired) electrons. The zero-order chi connectivity index (χ0) is 16.0. The molecule has 0 bridgehead atoms. The minimum absolute atomic E-state index is 0.0357. The Morgan fingerprint density at radius 2 is 2.00 bits per heavy atom. The molecular weight excluding hydrogens is 326 g/mol. The van der Waals surface area contributed by atoms with Gasteiger partial charge in [0.2, 0.25) is 10.0 Å². The van der Waals surface area contributed by atoms with Crippen LogP contribution in [0.5, 0.6) is 0 Å². The largest absolute Gasteiger partial charge is 0.478 e. The van der Waals surface area contributed by atoms with Crippen LogP contribution >= 0.6 is 11.6 Å². The van der Waals surface area contributed by atoms with Crippen LogP contribution in [0.3, 0.4) is 0 Å². The maximum absolute atomic E-state index is 12.8. The zero-order valence-corrected chi connectivity index (χ0v) is 13.4. The van der Waals surface area contributed by atoms with E-state index >= 15 is 0 Å². The Hall–Kier alpha value is -1.37. The van der Waals surface area contributed by atoms with E-state index in [9.17, 15) is 13.2 Å². The van der Waals surface area contributed by atoms with Crippen molar-refractivity contribution in [3.8, 4) is 0 Å². The summed E-state index contributed by atoms with van der Waals surface area (Å²) >= 11 is 5.89. The van der Waals surface area contributed by atoms with Crippen LogP contribution in [0.25, 0.3) is 0 Å². The summed E-state index contributed by atoms with van der Waals surface area (Å²) in [7, 11) is -3.68. The lowest BCUT2D eigenvalue weighted by Crippen LogP contribution is -2.35. The Morgan fingerprint density at radius 3 is 2.59 bits per heavy atom. The summed E-state index contributed by atoms with van der Waals surface area (Å²) in [6.45, 7) is 0.836. The standard InChI is InChI=1S/C15H16ClNO4S/c16-13-9-11(3-4-12(13)14(18)19)22(20,21)17-8-2-1-5-15(10-17)6-7-15/h1-4,9H,5-8,10H2,(H,18,19). The van der Waals surface area contributed by atoms with E-state index in [-0.39, 0.29) is 20.9 Å². The van der Waals surface area contributed by atoms with Crippen molar-refractivity contribution in [3.05, 3.63) is 40.9 Å². The highest BCUT2D eigenvalue weighted by Crippen LogP contribution is 2.51. The monoisotopic (exact) mass is 341 g/mol. The van der Waals surface area contributed by atoms with E-state index in [1.807, 2.05) is 12.2 Å². The van der Waals surface area contributed by atoms with Gasteiger partial charge < -0.3 is 5.11 Å². The van der Waals surface area contributed by atoms with Gasteiger partial charge in [-0.1, -0.05) is 23.8 Å². The molecule has 5 nitrogen and oxygen atoms in total. The molecule has 7 heteroatoms. The van der Waals surface area contributed by atoms with Gasteiger partial charge in [-0.3, -0.25) is 0 Å². The average molecular weight is 342 g/mol. The average Bonchev–Trinajstić information content (AvgIpc) is 3.25. The molecule has 22 heavy (non-hydrogen) atoms. The van der Waals surface area contributed by atoms with Gasteiger partial charge in [-0.05, 0) is 42.9 Å². The lowest BCUT2D eigenvalue weighted by Gasteiger charge is -2.23. The fraction of sp³-hybridized carbons (Fsp3) is 0.400. The Bertz CT molecular complexity index is 753. The summed E-state index contributed by atoms with van der Waals surface area (Å²) in [6, 6.07) is 3.76. The predicted octanol–water partition coefficient (Wildman–Crippen LogP) is 2.77. The van der Waals surface area contributed by atoms with E-state index in [4.69, 9.17) is 16.7 Å². The maximum atomic E-state index is 12.8. The van der Waals surface area contributed by atoms with E-state index in [1.54, 1.807) is 0 Å². The molecule has 3 rings (SSSR count). The lowest BCUT2D eigenvalue weighted by molar-refractivity contribution is 0.0697. The molecule has 1 spiro atoms. The molecule has 0 amide bonds. The number of allylic oxidation sites excluding steroid dienone is 1. The van der Waals surface area contributed by atoms with E-state index in [2.05, 4.69) is 0 Å². The Balaban J connectivity index is 1.94. The predicted molar refractivity (Wildman–Crippen MR) is 82.6 cm³/mol. The lowest BCUT2D eigenvalue weighted by atomic mass is 10.0. The van der Waals surface area contributed by atoms with Crippen LogP contribution in [-0.4, -0.2) is 36.9 Å². The Kier molecular flexibility index (Phi) is 3.79. The van der Waals surface area contributed by atoms with E-state index < -0.39 is 16.0 Å². The summed E-state index contributed by atoms with van der Waals surface area (Å²) in [6.07, 6.45) is 6.92. The molecule has 1 fully saturated rings. The normalized spacial score (nSPS) is 20.8. The first kappa shape index (κ1) is 15.5. The molecule has 0 aromatic heterocycles. The summed E-state index contributed by atoms with van der Waals surface area (Å²) < 4.78 is 27.0. The number of carbonyl (C=O) groups is 1. The van der Waals surface area contributed by atoms with Crippen LogP contribution in [-0.2, 0) is 10.0 Å². The number of nitrogens with zero attached hydrogens (tertiary/aromatic N) is 1. The third-order valence-electron chi connectivity index (χ3n) is 4.30. The molecular formula is C15H16ClNO4S. The number of benzene rings is 1. The number of halogens is 1. The molecule has 1 aromatic carbocycles. The molecule has 0 saturated heterocycles. The van der Waals surface area contributed by atoms with Crippen LogP contribution in [0, 0.1) is 5.41 Å². The van der Waals surface area contributed by atoms with Gasteiger partial charge in [-0.2, -0.15) is 4.31 Å². The highest BCUT2D eigenvalue weighted by Gasteiger charge is 2.45.